The number of allylic oxidation sites excluding steroid dienone is 1. The number of carboxylic acids is 1. The van der Waals surface area contributed by atoms with E-state index in [-0.39, 0.29) is 5.82 Å². The zero-order valence-electron chi connectivity index (χ0n) is 10.2. The SMILES string of the molecule is CCCC/C(=C\C(=O)O)c1ccc(F)c(C)c1. The lowest BCUT2D eigenvalue weighted by atomic mass is 9.98. The molecule has 0 saturated carbocycles. The van der Waals surface area contributed by atoms with Crippen molar-refractivity contribution in [2.45, 2.75) is 33.1 Å². The van der Waals surface area contributed by atoms with Gasteiger partial charge in [0.2, 0.25) is 0 Å². The average molecular weight is 236 g/mol. The molecule has 3 heteroatoms. The molecule has 0 aliphatic rings. The van der Waals surface area contributed by atoms with Gasteiger partial charge >= 0.3 is 5.97 Å². The lowest BCUT2D eigenvalue weighted by molar-refractivity contribution is -0.131. The number of unbranched alkanes of at least 4 members (excludes halogenated alkanes) is 1. The van der Waals surface area contributed by atoms with Gasteiger partial charge in [0, 0.05) is 6.08 Å². The highest BCUT2D eigenvalue weighted by atomic mass is 19.1. The smallest absolute Gasteiger partial charge is 0.328 e. The van der Waals surface area contributed by atoms with Gasteiger partial charge in [-0.25, -0.2) is 9.18 Å². The number of aryl methyl sites for hydroxylation is 1. The number of carboxylic acid groups (broad SMARTS) is 1. The first-order valence-electron chi connectivity index (χ1n) is 5.74. The van der Waals surface area contributed by atoms with E-state index in [1.807, 2.05) is 6.92 Å². The van der Waals surface area contributed by atoms with Crippen LogP contribution in [-0.4, -0.2) is 11.1 Å². The molecule has 0 aliphatic carbocycles. The zero-order valence-corrected chi connectivity index (χ0v) is 10.2. The Labute approximate surface area is 101 Å². The molecular weight excluding hydrogens is 219 g/mol. The molecule has 17 heavy (non-hydrogen) atoms. The van der Waals surface area contributed by atoms with Gasteiger partial charge in [0.05, 0.1) is 0 Å². The minimum Gasteiger partial charge on any atom is -0.478 e. The number of aliphatic carboxylic acids is 1. The van der Waals surface area contributed by atoms with E-state index in [1.165, 1.54) is 12.1 Å². The van der Waals surface area contributed by atoms with Crippen molar-refractivity contribution in [2.24, 2.45) is 0 Å². The van der Waals surface area contributed by atoms with E-state index in [1.54, 1.807) is 19.1 Å². The Kier molecular flexibility index (Phi) is 4.88. The third-order valence-electron chi connectivity index (χ3n) is 2.63. The molecule has 0 heterocycles. The summed E-state index contributed by atoms with van der Waals surface area (Å²) in [7, 11) is 0. The van der Waals surface area contributed by atoms with E-state index in [0.717, 1.165) is 24.0 Å². The number of rotatable bonds is 5. The zero-order chi connectivity index (χ0) is 12.8. The second-order valence-electron chi connectivity index (χ2n) is 4.08. The second-order valence-corrected chi connectivity index (χ2v) is 4.08. The number of halogens is 1. The predicted molar refractivity (Wildman–Crippen MR) is 66.3 cm³/mol. The standard InChI is InChI=1S/C14H17FO2/c1-3-4-5-11(9-14(16)17)12-6-7-13(15)10(2)8-12/h6-9H,3-5H2,1-2H3,(H,16,17)/b11-9+. The fraction of sp³-hybridized carbons (Fsp3) is 0.357. The first-order valence-corrected chi connectivity index (χ1v) is 5.74. The van der Waals surface area contributed by atoms with Gasteiger partial charge in [-0.1, -0.05) is 19.4 Å². The summed E-state index contributed by atoms with van der Waals surface area (Å²) < 4.78 is 13.1. The number of benzene rings is 1. The van der Waals surface area contributed by atoms with E-state index < -0.39 is 5.97 Å². The maximum Gasteiger partial charge on any atom is 0.328 e. The molecule has 0 aromatic heterocycles. The van der Waals surface area contributed by atoms with Crippen LogP contribution in [-0.2, 0) is 4.79 Å². The molecule has 1 aromatic rings. The molecule has 1 rings (SSSR count). The molecule has 0 spiro atoms. The molecule has 92 valence electrons. The van der Waals surface area contributed by atoms with Crippen molar-refractivity contribution in [3.05, 3.63) is 41.2 Å². The van der Waals surface area contributed by atoms with Gasteiger partial charge in [-0.15, -0.1) is 0 Å². The van der Waals surface area contributed by atoms with Crippen LogP contribution in [0.1, 0.15) is 37.3 Å². The van der Waals surface area contributed by atoms with Gasteiger partial charge in [-0.3, -0.25) is 0 Å². The molecular formula is C14H17FO2. The van der Waals surface area contributed by atoms with Gasteiger partial charge in [-0.2, -0.15) is 0 Å². The normalized spacial score (nSPS) is 11.6. The van der Waals surface area contributed by atoms with Gasteiger partial charge in [0.25, 0.3) is 0 Å². The highest BCUT2D eigenvalue weighted by Gasteiger charge is 2.06. The van der Waals surface area contributed by atoms with Crippen LogP contribution < -0.4 is 0 Å². The minimum atomic E-state index is -0.960. The number of hydrogen-bond donors (Lipinski definition) is 1. The Morgan fingerprint density at radius 2 is 2.18 bits per heavy atom. The molecule has 0 fully saturated rings. The van der Waals surface area contributed by atoms with Gasteiger partial charge in [0.1, 0.15) is 5.82 Å². The van der Waals surface area contributed by atoms with Crippen LogP contribution in [0, 0.1) is 12.7 Å². The van der Waals surface area contributed by atoms with Crippen LogP contribution in [0.15, 0.2) is 24.3 Å². The van der Waals surface area contributed by atoms with E-state index >= 15 is 0 Å². The van der Waals surface area contributed by atoms with Crippen LogP contribution in [0.4, 0.5) is 4.39 Å². The Balaban J connectivity index is 3.04. The molecule has 0 aliphatic heterocycles. The average Bonchev–Trinajstić information content (AvgIpc) is 2.27. The Hall–Kier alpha value is -1.64. The molecule has 0 atom stereocenters. The molecule has 1 aromatic carbocycles. The van der Waals surface area contributed by atoms with Crippen molar-refractivity contribution in [3.8, 4) is 0 Å². The van der Waals surface area contributed by atoms with E-state index in [2.05, 4.69) is 0 Å². The summed E-state index contributed by atoms with van der Waals surface area (Å²) in [5.41, 5.74) is 2.08. The van der Waals surface area contributed by atoms with Crippen LogP contribution >= 0.6 is 0 Å². The highest BCUT2D eigenvalue weighted by Crippen LogP contribution is 2.22. The van der Waals surface area contributed by atoms with Crippen LogP contribution in [0.3, 0.4) is 0 Å². The van der Waals surface area contributed by atoms with Crippen molar-refractivity contribution in [3.63, 3.8) is 0 Å². The quantitative estimate of drug-likeness (QED) is 0.790. The number of carbonyl (C=O) groups is 1. The largest absolute Gasteiger partial charge is 0.478 e. The lowest BCUT2D eigenvalue weighted by Crippen LogP contribution is -1.94. The lowest BCUT2D eigenvalue weighted by Gasteiger charge is -2.08. The monoisotopic (exact) mass is 236 g/mol. The fourth-order valence-electron chi connectivity index (χ4n) is 1.66. The third-order valence-corrected chi connectivity index (χ3v) is 2.63. The maximum absolute atomic E-state index is 13.1. The number of hydrogen-bond acceptors (Lipinski definition) is 1. The summed E-state index contributed by atoms with van der Waals surface area (Å²) >= 11 is 0. The molecule has 2 nitrogen and oxygen atoms in total. The third kappa shape index (κ3) is 4.02. The fourth-order valence-corrected chi connectivity index (χ4v) is 1.66. The van der Waals surface area contributed by atoms with E-state index in [9.17, 15) is 9.18 Å². The molecule has 0 radical (unpaired) electrons. The molecule has 0 unspecified atom stereocenters. The first kappa shape index (κ1) is 13.4. The summed E-state index contributed by atoms with van der Waals surface area (Å²) in [5.74, 6) is -1.23. The van der Waals surface area contributed by atoms with Crippen molar-refractivity contribution in [1.82, 2.24) is 0 Å². The van der Waals surface area contributed by atoms with E-state index in [4.69, 9.17) is 5.11 Å². The molecule has 0 amide bonds. The van der Waals surface area contributed by atoms with Gasteiger partial charge in [-0.05, 0) is 48.6 Å². The summed E-state index contributed by atoms with van der Waals surface area (Å²) in [6.45, 7) is 3.73. The topological polar surface area (TPSA) is 37.3 Å². The van der Waals surface area contributed by atoms with Gasteiger partial charge < -0.3 is 5.11 Å². The Morgan fingerprint density at radius 3 is 2.71 bits per heavy atom. The highest BCUT2D eigenvalue weighted by molar-refractivity contribution is 5.90. The van der Waals surface area contributed by atoms with E-state index in [0.29, 0.717) is 12.0 Å². The molecule has 0 saturated heterocycles. The molecule has 0 bridgehead atoms. The van der Waals surface area contributed by atoms with Crippen molar-refractivity contribution in [1.29, 1.82) is 0 Å². The second kappa shape index (κ2) is 6.18. The van der Waals surface area contributed by atoms with Crippen molar-refractivity contribution in [2.75, 3.05) is 0 Å². The summed E-state index contributed by atoms with van der Waals surface area (Å²) in [6.07, 6.45) is 3.84. The van der Waals surface area contributed by atoms with Crippen molar-refractivity contribution < 1.29 is 14.3 Å². The first-order chi connectivity index (χ1) is 8.04. The van der Waals surface area contributed by atoms with Crippen LogP contribution in [0.2, 0.25) is 0 Å². The summed E-state index contributed by atoms with van der Waals surface area (Å²) in [4.78, 5) is 10.7. The Bertz CT molecular complexity index is 436. The molecule has 1 N–H and O–H groups in total. The van der Waals surface area contributed by atoms with Crippen molar-refractivity contribution >= 4 is 11.5 Å². The summed E-state index contributed by atoms with van der Waals surface area (Å²) in [6, 6.07) is 4.71. The minimum absolute atomic E-state index is 0.265. The summed E-state index contributed by atoms with van der Waals surface area (Å²) in [5, 5.41) is 8.82. The van der Waals surface area contributed by atoms with Gasteiger partial charge in [0.15, 0.2) is 0 Å². The Morgan fingerprint density at radius 1 is 1.47 bits per heavy atom. The van der Waals surface area contributed by atoms with Crippen LogP contribution in [0.25, 0.3) is 5.57 Å². The van der Waals surface area contributed by atoms with Crippen LogP contribution in [0.5, 0.6) is 0 Å². The maximum atomic E-state index is 13.1. The predicted octanol–water partition coefficient (Wildman–Crippen LogP) is 3.79.